The highest BCUT2D eigenvalue weighted by Gasteiger charge is 2.30. The average Bonchev–Trinajstić information content (AvgIpc) is 3.07. The van der Waals surface area contributed by atoms with Crippen LogP contribution in [0.3, 0.4) is 0 Å². The van der Waals surface area contributed by atoms with Gasteiger partial charge in [0, 0.05) is 11.5 Å². The zero-order valence-corrected chi connectivity index (χ0v) is 14.9. The molecule has 142 valence electrons. The van der Waals surface area contributed by atoms with Gasteiger partial charge in [0.1, 0.15) is 5.69 Å². The fraction of sp³-hybridized carbons (Fsp3) is 0.333. The van der Waals surface area contributed by atoms with E-state index in [1.165, 1.54) is 24.3 Å². The molecule has 0 bridgehead atoms. The van der Waals surface area contributed by atoms with Crippen molar-refractivity contribution in [2.75, 3.05) is 0 Å². The maximum absolute atomic E-state index is 12.9. The standard InChI is InChI=1S/C18H17F3N4O2/c1-17(2,3)16-22-15(27-24-16)13-7-8-14(26)25(23-13)10-11-5-4-6-12(9-11)18(19,20)21/h4-9H,10H2,1-3H3. The van der Waals surface area contributed by atoms with Crippen LogP contribution in [0.2, 0.25) is 0 Å². The van der Waals surface area contributed by atoms with Gasteiger partial charge in [0.05, 0.1) is 12.1 Å². The van der Waals surface area contributed by atoms with E-state index in [2.05, 4.69) is 15.2 Å². The normalized spacial score (nSPS) is 12.4. The third-order valence-corrected chi connectivity index (χ3v) is 3.77. The maximum atomic E-state index is 12.9. The van der Waals surface area contributed by atoms with Crippen molar-refractivity contribution in [2.45, 2.75) is 38.9 Å². The van der Waals surface area contributed by atoms with Gasteiger partial charge in [-0.2, -0.15) is 23.3 Å². The summed E-state index contributed by atoms with van der Waals surface area (Å²) in [6.07, 6.45) is -4.45. The Bertz CT molecular complexity index is 1020. The van der Waals surface area contributed by atoms with Crippen molar-refractivity contribution in [2.24, 2.45) is 0 Å². The van der Waals surface area contributed by atoms with Gasteiger partial charge < -0.3 is 4.52 Å². The zero-order chi connectivity index (χ0) is 19.8. The molecule has 6 nitrogen and oxygen atoms in total. The van der Waals surface area contributed by atoms with Crippen molar-refractivity contribution in [3.63, 3.8) is 0 Å². The minimum atomic E-state index is -4.45. The molecule has 0 saturated heterocycles. The molecule has 0 amide bonds. The van der Waals surface area contributed by atoms with E-state index < -0.39 is 17.3 Å². The zero-order valence-electron chi connectivity index (χ0n) is 14.9. The van der Waals surface area contributed by atoms with E-state index in [-0.39, 0.29) is 23.5 Å². The SMILES string of the molecule is CC(C)(C)c1noc(-c2ccc(=O)n(Cc3cccc(C(F)(F)F)c3)n2)n1. The molecule has 0 unspecified atom stereocenters. The van der Waals surface area contributed by atoms with Gasteiger partial charge in [0.2, 0.25) is 0 Å². The van der Waals surface area contributed by atoms with E-state index in [4.69, 9.17) is 4.52 Å². The highest BCUT2D eigenvalue weighted by Crippen LogP contribution is 2.29. The topological polar surface area (TPSA) is 73.8 Å². The van der Waals surface area contributed by atoms with Crippen LogP contribution in [0.5, 0.6) is 0 Å². The fourth-order valence-electron chi connectivity index (χ4n) is 2.33. The van der Waals surface area contributed by atoms with Gasteiger partial charge in [-0.3, -0.25) is 4.79 Å². The number of benzene rings is 1. The van der Waals surface area contributed by atoms with Crippen molar-refractivity contribution in [1.82, 2.24) is 19.9 Å². The Labute approximate surface area is 152 Å². The van der Waals surface area contributed by atoms with Gasteiger partial charge in [-0.25, -0.2) is 4.68 Å². The summed E-state index contributed by atoms with van der Waals surface area (Å²) < 4.78 is 44.8. The van der Waals surface area contributed by atoms with Gasteiger partial charge in [-0.15, -0.1) is 0 Å². The summed E-state index contributed by atoms with van der Waals surface area (Å²) in [5.74, 6) is 0.618. The lowest BCUT2D eigenvalue weighted by Crippen LogP contribution is -2.23. The molecule has 1 aromatic carbocycles. The molecule has 0 fully saturated rings. The van der Waals surface area contributed by atoms with Gasteiger partial charge in [0.15, 0.2) is 5.82 Å². The lowest BCUT2D eigenvalue weighted by atomic mass is 9.96. The molecule has 0 N–H and O–H groups in total. The maximum Gasteiger partial charge on any atom is 0.416 e. The molecular weight excluding hydrogens is 361 g/mol. The van der Waals surface area contributed by atoms with E-state index >= 15 is 0 Å². The van der Waals surface area contributed by atoms with Gasteiger partial charge in [-0.1, -0.05) is 38.1 Å². The molecule has 2 aromatic heterocycles. The molecular formula is C18H17F3N4O2. The number of hydrogen-bond acceptors (Lipinski definition) is 5. The highest BCUT2D eigenvalue weighted by atomic mass is 19.4. The van der Waals surface area contributed by atoms with Crippen LogP contribution in [0.1, 0.15) is 37.7 Å². The van der Waals surface area contributed by atoms with Crippen LogP contribution in [-0.2, 0) is 18.1 Å². The van der Waals surface area contributed by atoms with Gasteiger partial charge in [-0.05, 0) is 23.8 Å². The van der Waals surface area contributed by atoms with E-state index in [0.29, 0.717) is 11.4 Å². The van der Waals surface area contributed by atoms with Crippen molar-refractivity contribution in [1.29, 1.82) is 0 Å². The molecule has 2 heterocycles. The summed E-state index contributed by atoms with van der Waals surface area (Å²) >= 11 is 0. The Hall–Kier alpha value is -2.97. The number of rotatable bonds is 3. The second kappa shape index (κ2) is 6.64. The first kappa shape index (κ1) is 18.8. The number of halogens is 3. The number of aromatic nitrogens is 4. The van der Waals surface area contributed by atoms with Crippen molar-refractivity contribution < 1.29 is 17.7 Å². The first-order valence-electron chi connectivity index (χ1n) is 8.13. The first-order chi connectivity index (χ1) is 12.5. The van der Waals surface area contributed by atoms with Crippen LogP contribution in [0.15, 0.2) is 45.7 Å². The Morgan fingerprint density at radius 1 is 1.11 bits per heavy atom. The Morgan fingerprint density at radius 2 is 1.85 bits per heavy atom. The van der Waals surface area contributed by atoms with Crippen molar-refractivity contribution in [3.8, 4) is 11.6 Å². The Kier molecular flexibility index (Phi) is 4.63. The summed E-state index contributed by atoms with van der Waals surface area (Å²) in [4.78, 5) is 16.3. The van der Waals surface area contributed by atoms with Crippen LogP contribution in [-0.4, -0.2) is 19.9 Å². The quantitative estimate of drug-likeness (QED) is 0.695. The molecule has 9 heteroatoms. The second-order valence-corrected chi connectivity index (χ2v) is 7.09. The van der Waals surface area contributed by atoms with Crippen molar-refractivity contribution >= 4 is 0 Å². The summed E-state index contributed by atoms with van der Waals surface area (Å²) in [7, 11) is 0. The summed E-state index contributed by atoms with van der Waals surface area (Å²) in [5, 5.41) is 8.05. The molecule has 0 atom stereocenters. The average molecular weight is 378 g/mol. The number of nitrogens with zero attached hydrogens (tertiary/aromatic N) is 4. The molecule has 0 aliphatic carbocycles. The Balaban J connectivity index is 1.93. The second-order valence-electron chi connectivity index (χ2n) is 7.09. The minimum absolute atomic E-state index is 0.114. The first-order valence-corrected chi connectivity index (χ1v) is 8.13. The summed E-state index contributed by atoms with van der Waals surface area (Å²) in [6, 6.07) is 7.46. The summed E-state index contributed by atoms with van der Waals surface area (Å²) in [6.45, 7) is 5.65. The lowest BCUT2D eigenvalue weighted by molar-refractivity contribution is -0.137. The predicted molar refractivity (Wildman–Crippen MR) is 91.0 cm³/mol. The third-order valence-electron chi connectivity index (χ3n) is 3.77. The van der Waals surface area contributed by atoms with Crippen LogP contribution in [0.4, 0.5) is 13.2 Å². The van der Waals surface area contributed by atoms with Crippen LogP contribution < -0.4 is 5.56 Å². The molecule has 3 rings (SSSR count). The smallest absolute Gasteiger partial charge is 0.332 e. The minimum Gasteiger partial charge on any atom is -0.332 e. The Morgan fingerprint density at radius 3 is 2.48 bits per heavy atom. The van der Waals surface area contributed by atoms with E-state index in [1.54, 1.807) is 0 Å². The number of hydrogen-bond donors (Lipinski definition) is 0. The third kappa shape index (κ3) is 4.24. The molecule has 0 spiro atoms. The van der Waals surface area contributed by atoms with Crippen molar-refractivity contribution in [3.05, 3.63) is 63.7 Å². The van der Waals surface area contributed by atoms with E-state index in [0.717, 1.165) is 16.8 Å². The summed E-state index contributed by atoms with van der Waals surface area (Å²) in [5.41, 5.74) is -0.987. The largest absolute Gasteiger partial charge is 0.416 e. The molecule has 0 radical (unpaired) electrons. The molecule has 0 aliphatic heterocycles. The van der Waals surface area contributed by atoms with Gasteiger partial charge in [0.25, 0.3) is 11.4 Å². The highest BCUT2D eigenvalue weighted by molar-refractivity contribution is 5.45. The van der Waals surface area contributed by atoms with E-state index in [1.807, 2.05) is 20.8 Å². The number of alkyl halides is 3. The lowest BCUT2D eigenvalue weighted by Gasteiger charge is -2.11. The predicted octanol–water partition coefficient (Wildman–Crippen LogP) is 3.66. The molecule has 0 aliphatic rings. The van der Waals surface area contributed by atoms with E-state index in [9.17, 15) is 18.0 Å². The molecule has 3 aromatic rings. The van der Waals surface area contributed by atoms with Gasteiger partial charge >= 0.3 is 6.18 Å². The molecule has 0 saturated carbocycles. The molecule has 27 heavy (non-hydrogen) atoms. The fourth-order valence-corrected chi connectivity index (χ4v) is 2.33. The van der Waals surface area contributed by atoms with Crippen LogP contribution in [0, 0.1) is 0 Å². The van der Waals surface area contributed by atoms with Crippen LogP contribution >= 0.6 is 0 Å². The van der Waals surface area contributed by atoms with Crippen LogP contribution in [0.25, 0.3) is 11.6 Å². The monoisotopic (exact) mass is 378 g/mol.